The summed E-state index contributed by atoms with van der Waals surface area (Å²) in [5.74, 6) is -0.595. The van der Waals surface area contributed by atoms with E-state index in [0.29, 0.717) is 21.3 Å². The summed E-state index contributed by atoms with van der Waals surface area (Å²) in [7, 11) is -4.19. The van der Waals surface area contributed by atoms with Crippen LogP contribution in [0.4, 0.5) is 5.69 Å². The van der Waals surface area contributed by atoms with Crippen LogP contribution in [0.1, 0.15) is 68.6 Å². The summed E-state index contributed by atoms with van der Waals surface area (Å²) >= 11 is 12.9. The lowest BCUT2D eigenvalue weighted by Crippen LogP contribution is -2.55. The molecule has 0 aliphatic heterocycles. The Morgan fingerprint density at radius 2 is 1.47 bits per heavy atom. The fourth-order valence-corrected chi connectivity index (χ4v) is 8.11. The van der Waals surface area contributed by atoms with Crippen molar-refractivity contribution in [3.8, 4) is 0 Å². The smallest absolute Gasteiger partial charge is 0.264 e. The molecular formula is C39H43Cl2N3O4S. The molecule has 1 fully saturated rings. The van der Waals surface area contributed by atoms with Gasteiger partial charge in [0.1, 0.15) is 12.6 Å². The van der Waals surface area contributed by atoms with Crippen LogP contribution in [-0.4, -0.2) is 43.8 Å². The number of anilines is 1. The molecule has 4 aromatic rings. The van der Waals surface area contributed by atoms with Crippen LogP contribution in [-0.2, 0) is 32.6 Å². The van der Waals surface area contributed by atoms with Crippen molar-refractivity contribution in [2.45, 2.75) is 81.8 Å². The van der Waals surface area contributed by atoms with Crippen molar-refractivity contribution in [2.24, 2.45) is 0 Å². The number of carbonyl (C=O) groups excluding carboxylic acids is 2. The van der Waals surface area contributed by atoms with Crippen LogP contribution in [0.2, 0.25) is 10.0 Å². The van der Waals surface area contributed by atoms with E-state index in [4.69, 9.17) is 23.2 Å². The highest BCUT2D eigenvalue weighted by atomic mass is 35.5. The molecule has 1 N–H and O–H groups in total. The van der Waals surface area contributed by atoms with Crippen molar-refractivity contribution in [1.29, 1.82) is 0 Å². The first-order chi connectivity index (χ1) is 23.5. The minimum absolute atomic E-state index is 0.00465. The predicted octanol–water partition coefficient (Wildman–Crippen LogP) is 8.40. The molecule has 0 radical (unpaired) electrons. The van der Waals surface area contributed by atoms with Crippen LogP contribution in [0.5, 0.6) is 0 Å². The Morgan fingerprint density at radius 1 is 0.837 bits per heavy atom. The SMILES string of the molecule is CC(C)c1ccc(N(CC(=O)N(Cc2ccc(Cl)cc2Cl)[C@H](Cc2ccccc2)C(=O)NC2CCCCC2)S(=O)(=O)c2ccccc2)cc1. The highest BCUT2D eigenvalue weighted by Crippen LogP contribution is 2.29. The molecule has 0 bridgehead atoms. The van der Waals surface area contributed by atoms with Gasteiger partial charge in [-0.2, -0.15) is 0 Å². The molecular weight excluding hydrogens is 677 g/mol. The quantitative estimate of drug-likeness (QED) is 0.150. The summed E-state index contributed by atoms with van der Waals surface area (Å²) in [4.78, 5) is 30.6. The molecule has 1 saturated carbocycles. The molecule has 2 amide bonds. The molecule has 258 valence electrons. The van der Waals surface area contributed by atoms with Gasteiger partial charge in [0.25, 0.3) is 10.0 Å². The van der Waals surface area contributed by atoms with Crippen molar-refractivity contribution in [3.05, 3.63) is 130 Å². The van der Waals surface area contributed by atoms with Gasteiger partial charge in [-0.1, -0.05) is 123 Å². The zero-order valence-corrected chi connectivity index (χ0v) is 30.2. The molecule has 0 saturated heterocycles. The number of hydrogen-bond donors (Lipinski definition) is 1. The van der Waals surface area contributed by atoms with E-state index in [2.05, 4.69) is 19.2 Å². The van der Waals surface area contributed by atoms with Crippen molar-refractivity contribution < 1.29 is 18.0 Å². The molecule has 4 aromatic carbocycles. The van der Waals surface area contributed by atoms with E-state index in [0.717, 1.165) is 47.5 Å². The third kappa shape index (κ3) is 9.44. The van der Waals surface area contributed by atoms with E-state index in [-0.39, 0.29) is 35.7 Å². The molecule has 10 heteroatoms. The third-order valence-electron chi connectivity index (χ3n) is 9.04. The number of nitrogens with one attached hydrogen (secondary N) is 1. The van der Waals surface area contributed by atoms with Crippen molar-refractivity contribution in [3.63, 3.8) is 0 Å². The number of carbonyl (C=O) groups is 2. The van der Waals surface area contributed by atoms with Crippen LogP contribution >= 0.6 is 23.2 Å². The molecule has 49 heavy (non-hydrogen) atoms. The van der Waals surface area contributed by atoms with Crippen molar-refractivity contribution in [2.75, 3.05) is 10.8 Å². The van der Waals surface area contributed by atoms with Gasteiger partial charge in [-0.15, -0.1) is 0 Å². The zero-order valence-electron chi connectivity index (χ0n) is 27.9. The first kappa shape index (κ1) is 36.4. The molecule has 5 rings (SSSR count). The van der Waals surface area contributed by atoms with Crippen molar-refractivity contribution >= 4 is 50.7 Å². The van der Waals surface area contributed by atoms with Gasteiger partial charge in [0.05, 0.1) is 10.6 Å². The zero-order chi connectivity index (χ0) is 35.0. The Labute approximate surface area is 300 Å². The standard InChI is InChI=1S/C39H43Cl2N3O4S/c1-28(2)30-19-22-34(23-20-30)44(49(47,48)35-16-10-5-11-17-35)27-38(45)43(26-31-18-21-32(40)25-36(31)41)37(24-29-12-6-3-7-13-29)39(46)42-33-14-8-4-9-15-33/h3,5-7,10-13,16-23,25,28,33,37H,4,8-9,14-15,24,26-27H2,1-2H3,(H,42,46)/t37-/m1/s1. The van der Waals surface area contributed by atoms with Gasteiger partial charge in [0.2, 0.25) is 11.8 Å². The largest absolute Gasteiger partial charge is 0.352 e. The van der Waals surface area contributed by atoms with Gasteiger partial charge >= 0.3 is 0 Å². The van der Waals surface area contributed by atoms with Gasteiger partial charge in [-0.05, 0) is 71.8 Å². The lowest BCUT2D eigenvalue weighted by atomic mass is 9.94. The fraction of sp³-hybridized carbons (Fsp3) is 0.333. The number of amides is 2. The highest BCUT2D eigenvalue weighted by molar-refractivity contribution is 7.92. The lowest BCUT2D eigenvalue weighted by Gasteiger charge is -2.35. The Morgan fingerprint density at radius 3 is 2.08 bits per heavy atom. The summed E-state index contributed by atoms with van der Waals surface area (Å²) < 4.78 is 29.6. The number of halogens is 2. The molecule has 0 aromatic heterocycles. The first-order valence-electron chi connectivity index (χ1n) is 16.8. The predicted molar refractivity (Wildman–Crippen MR) is 197 cm³/mol. The normalized spacial score (nSPS) is 14.3. The number of benzene rings is 4. The maximum Gasteiger partial charge on any atom is 0.264 e. The number of rotatable bonds is 13. The molecule has 0 heterocycles. The van der Waals surface area contributed by atoms with Gasteiger partial charge in [0, 0.05) is 29.1 Å². The van der Waals surface area contributed by atoms with Gasteiger partial charge in [0.15, 0.2) is 0 Å². The van der Waals surface area contributed by atoms with Crippen LogP contribution in [0.15, 0.2) is 108 Å². The maximum atomic E-state index is 14.8. The Bertz CT molecular complexity index is 1810. The van der Waals surface area contributed by atoms with Crippen LogP contribution < -0.4 is 9.62 Å². The topological polar surface area (TPSA) is 86.8 Å². The van der Waals surface area contributed by atoms with E-state index in [9.17, 15) is 18.0 Å². The fourth-order valence-electron chi connectivity index (χ4n) is 6.21. The minimum Gasteiger partial charge on any atom is -0.352 e. The Kier molecular flexibility index (Phi) is 12.4. The molecule has 1 aliphatic carbocycles. The van der Waals surface area contributed by atoms with Crippen LogP contribution in [0, 0.1) is 0 Å². The lowest BCUT2D eigenvalue weighted by molar-refractivity contribution is -0.140. The average molecular weight is 721 g/mol. The average Bonchev–Trinajstić information content (AvgIpc) is 3.10. The van der Waals surface area contributed by atoms with Crippen molar-refractivity contribution in [1.82, 2.24) is 10.2 Å². The Balaban J connectivity index is 1.58. The van der Waals surface area contributed by atoms with E-state index in [1.54, 1.807) is 48.5 Å². The monoisotopic (exact) mass is 719 g/mol. The summed E-state index contributed by atoms with van der Waals surface area (Å²) in [5.41, 5.74) is 2.83. The summed E-state index contributed by atoms with van der Waals surface area (Å²) in [6.45, 7) is 3.55. The van der Waals surface area contributed by atoms with Gasteiger partial charge in [-0.3, -0.25) is 13.9 Å². The maximum absolute atomic E-state index is 14.8. The van der Waals surface area contributed by atoms with E-state index >= 15 is 0 Å². The van der Waals surface area contributed by atoms with E-state index in [1.165, 1.54) is 17.0 Å². The van der Waals surface area contributed by atoms with Gasteiger partial charge in [-0.25, -0.2) is 8.42 Å². The summed E-state index contributed by atoms with van der Waals surface area (Å²) in [5, 5.41) is 4.00. The highest BCUT2D eigenvalue weighted by Gasteiger charge is 2.35. The second-order valence-corrected chi connectivity index (χ2v) is 15.6. The van der Waals surface area contributed by atoms with Gasteiger partial charge < -0.3 is 10.2 Å². The summed E-state index contributed by atoms with van der Waals surface area (Å²) in [6.07, 6.45) is 5.15. The number of nitrogens with zero attached hydrogens (tertiary/aromatic N) is 2. The second-order valence-electron chi connectivity index (χ2n) is 12.9. The second kappa shape index (κ2) is 16.7. The molecule has 7 nitrogen and oxygen atoms in total. The van der Waals surface area contributed by atoms with E-state index in [1.807, 2.05) is 42.5 Å². The third-order valence-corrected chi connectivity index (χ3v) is 11.4. The molecule has 1 atom stereocenters. The Hall–Kier alpha value is -3.85. The molecule has 1 aliphatic rings. The van der Waals surface area contributed by atoms with Crippen LogP contribution in [0.25, 0.3) is 0 Å². The minimum atomic E-state index is -4.19. The summed E-state index contributed by atoms with van der Waals surface area (Å²) in [6, 6.07) is 28.8. The number of sulfonamides is 1. The van der Waals surface area contributed by atoms with E-state index < -0.39 is 28.5 Å². The molecule has 0 spiro atoms. The first-order valence-corrected chi connectivity index (χ1v) is 19.0. The molecule has 0 unspecified atom stereocenters. The van der Waals surface area contributed by atoms with Crippen LogP contribution in [0.3, 0.4) is 0 Å². The number of hydrogen-bond acceptors (Lipinski definition) is 4.